The molecule has 0 saturated carbocycles. The molecule has 0 aromatic heterocycles. The standard InChI is InChI=1S/C12H16FN3O3S2/c1-3-16(7-10(17)15-2)21(18,19)9-6-4-5-8(13)11(9)12(14)20/h4-6H,3,7H2,1-2H3,(H2,14,20)(H,15,17). The first-order valence-electron chi connectivity index (χ1n) is 6.04. The van der Waals surface area contributed by atoms with Crippen molar-refractivity contribution in [1.29, 1.82) is 0 Å². The lowest BCUT2D eigenvalue weighted by Gasteiger charge is -2.21. The number of nitrogens with two attached hydrogens (primary N) is 1. The molecule has 0 aliphatic heterocycles. The molecule has 1 aromatic carbocycles. The summed E-state index contributed by atoms with van der Waals surface area (Å²) in [5.74, 6) is -1.30. The van der Waals surface area contributed by atoms with E-state index in [2.05, 4.69) is 5.32 Å². The maximum absolute atomic E-state index is 13.8. The second kappa shape index (κ2) is 6.92. The van der Waals surface area contributed by atoms with Crippen molar-refractivity contribution in [1.82, 2.24) is 9.62 Å². The molecule has 6 nitrogen and oxygen atoms in total. The Morgan fingerprint density at radius 3 is 2.57 bits per heavy atom. The first kappa shape index (κ1) is 17.5. The zero-order valence-corrected chi connectivity index (χ0v) is 13.2. The van der Waals surface area contributed by atoms with Gasteiger partial charge in [-0.3, -0.25) is 4.79 Å². The number of hydrogen-bond donors (Lipinski definition) is 2. The molecule has 116 valence electrons. The third kappa shape index (κ3) is 3.74. The largest absolute Gasteiger partial charge is 0.389 e. The number of sulfonamides is 1. The summed E-state index contributed by atoms with van der Waals surface area (Å²) in [6, 6.07) is 3.53. The van der Waals surface area contributed by atoms with Gasteiger partial charge in [-0.25, -0.2) is 12.8 Å². The lowest BCUT2D eigenvalue weighted by Crippen LogP contribution is -2.40. The highest BCUT2D eigenvalue weighted by Crippen LogP contribution is 2.22. The average molecular weight is 333 g/mol. The second-order valence-corrected chi connectivity index (χ2v) is 6.43. The van der Waals surface area contributed by atoms with Gasteiger partial charge >= 0.3 is 0 Å². The summed E-state index contributed by atoms with van der Waals surface area (Å²) in [5.41, 5.74) is 5.07. The Balaban J connectivity index is 3.39. The first-order chi connectivity index (χ1) is 9.75. The number of halogens is 1. The molecule has 0 fully saturated rings. The third-order valence-corrected chi connectivity index (χ3v) is 4.96. The summed E-state index contributed by atoms with van der Waals surface area (Å²) in [4.78, 5) is 10.7. The van der Waals surface area contributed by atoms with Crippen molar-refractivity contribution in [3.8, 4) is 0 Å². The van der Waals surface area contributed by atoms with Crippen LogP contribution in [-0.2, 0) is 14.8 Å². The van der Waals surface area contributed by atoms with Gasteiger partial charge in [-0.05, 0) is 12.1 Å². The topological polar surface area (TPSA) is 92.5 Å². The molecular weight excluding hydrogens is 317 g/mol. The molecule has 0 atom stereocenters. The van der Waals surface area contributed by atoms with Gasteiger partial charge in [0.1, 0.15) is 10.8 Å². The van der Waals surface area contributed by atoms with Gasteiger partial charge in [-0.1, -0.05) is 25.2 Å². The van der Waals surface area contributed by atoms with E-state index in [1.807, 2.05) is 0 Å². The van der Waals surface area contributed by atoms with Crippen LogP contribution in [0.5, 0.6) is 0 Å². The zero-order valence-electron chi connectivity index (χ0n) is 11.6. The highest BCUT2D eigenvalue weighted by atomic mass is 32.2. The van der Waals surface area contributed by atoms with Crippen LogP contribution in [0.4, 0.5) is 4.39 Å². The molecule has 1 amide bonds. The SMILES string of the molecule is CCN(CC(=O)NC)S(=O)(=O)c1cccc(F)c1C(N)=S. The highest BCUT2D eigenvalue weighted by Gasteiger charge is 2.29. The summed E-state index contributed by atoms with van der Waals surface area (Å²) in [7, 11) is -2.70. The third-order valence-electron chi connectivity index (χ3n) is 2.79. The fraction of sp³-hybridized carbons (Fsp3) is 0.333. The molecular formula is C12H16FN3O3S2. The molecule has 0 aliphatic rings. The van der Waals surface area contributed by atoms with Gasteiger partial charge < -0.3 is 11.1 Å². The van der Waals surface area contributed by atoms with Gasteiger partial charge in [0.15, 0.2) is 0 Å². The monoisotopic (exact) mass is 333 g/mol. The maximum Gasteiger partial charge on any atom is 0.244 e. The Labute approximate surface area is 128 Å². The van der Waals surface area contributed by atoms with Crippen molar-refractivity contribution < 1.29 is 17.6 Å². The molecule has 1 aromatic rings. The molecule has 0 heterocycles. The predicted octanol–water partition coefficient (Wildman–Crippen LogP) is 0.217. The van der Waals surface area contributed by atoms with Gasteiger partial charge in [0.25, 0.3) is 0 Å². The van der Waals surface area contributed by atoms with Crippen molar-refractivity contribution in [3.63, 3.8) is 0 Å². The van der Waals surface area contributed by atoms with Crippen LogP contribution in [0.25, 0.3) is 0 Å². The molecule has 0 aliphatic carbocycles. The Morgan fingerprint density at radius 2 is 2.10 bits per heavy atom. The number of nitrogens with one attached hydrogen (secondary N) is 1. The van der Waals surface area contributed by atoms with E-state index in [4.69, 9.17) is 18.0 Å². The summed E-state index contributed by atoms with van der Waals surface area (Å²) in [6.07, 6.45) is 0. The molecule has 9 heteroatoms. The van der Waals surface area contributed by atoms with Gasteiger partial charge in [0, 0.05) is 13.6 Å². The van der Waals surface area contributed by atoms with Gasteiger partial charge in [-0.15, -0.1) is 0 Å². The number of thiocarbonyl (C=S) groups is 1. The quantitative estimate of drug-likeness (QED) is 0.727. The number of carbonyl (C=O) groups excluding carboxylic acids is 1. The maximum atomic E-state index is 13.8. The molecule has 3 N–H and O–H groups in total. The number of carbonyl (C=O) groups is 1. The van der Waals surface area contributed by atoms with Crippen LogP contribution in [0, 0.1) is 5.82 Å². The molecule has 0 radical (unpaired) electrons. The number of hydrogen-bond acceptors (Lipinski definition) is 4. The van der Waals surface area contributed by atoms with Crippen LogP contribution in [-0.4, -0.2) is 43.8 Å². The molecule has 0 spiro atoms. The molecule has 0 saturated heterocycles. The Bertz CT molecular complexity index is 662. The summed E-state index contributed by atoms with van der Waals surface area (Å²) < 4.78 is 39.8. The van der Waals surface area contributed by atoms with Crippen LogP contribution in [0.2, 0.25) is 0 Å². The van der Waals surface area contributed by atoms with Crippen molar-refractivity contribution in [2.24, 2.45) is 5.73 Å². The van der Waals surface area contributed by atoms with Crippen LogP contribution in [0.1, 0.15) is 12.5 Å². The van der Waals surface area contributed by atoms with E-state index < -0.39 is 21.7 Å². The number of rotatable bonds is 6. The molecule has 0 bridgehead atoms. The number of amides is 1. The minimum absolute atomic E-state index is 0.0447. The van der Waals surface area contributed by atoms with Crippen LogP contribution in [0.15, 0.2) is 23.1 Å². The summed E-state index contributed by atoms with van der Waals surface area (Å²) in [5, 5.41) is 2.33. The summed E-state index contributed by atoms with van der Waals surface area (Å²) >= 11 is 4.71. The minimum atomic E-state index is -4.09. The predicted molar refractivity (Wildman–Crippen MR) is 80.8 cm³/mol. The summed E-state index contributed by atoms with van der Waals surface area (Å²) in [6.45, 7) is 1.24. The minimum Gasteiger partial charge on any atom is -0.389 e. The second-order valence-electron chi connectivity index (χ2n) is 4.08. The van der Waals surface area contributed by atoms with Gasteiger partial charge in [0.2, 0.25) is 15.9 Å². The fourth-order valence-corrected chi connectivity index (χ4v) is 3.60. The van der Waals surface area contributed by atoms with Gasteiger partial charge in [-0.2, -0.15) is 4.31 Å². The van der Waals surface area contributed by atoms with Gasteiger partial charge in [0.05, 0.1) is 17.0 Å². The van der Waals surface area contributed by atoms with E-state index in [9.17, 15) is 17.6 Å². The van der Waals surface area contributed by atoms with Crippen molar-refractivity contribution in [2.75, 3.05) is 20.1 Å². The number of benzene rings is 1. The van der Waals surface area contributed by atoms with Crippen molar-refractivity contribution in [3.05, 3.63) is 29.6 Å². The van der Waals surface area contributed by atoms with E-state index in [0.717, 1.165) is 10.4 Å². The van der Waals surface area contributed by atoms with Crippen LogP contribution < -0.4 is 11.1 Å². The van der Waals surface area contributed by atoms with Crippen molar-refractivity contribution >= 4 is 33.1 Å². The van der Waals surface area contributed by atoms with E-state index >= 15 is 0 Å². The molecule has 0 unspecified atom stereocenters. The molecule has 1 rings (SSSR count). The highest BCUT2D eigenvalue weighted by molar-refractivity contribution is 7.89. The average Bonchev–Trinajstić information content (AvgIpc) is 2.43. The lowest BCUT2D eigenvalue weighted by atomic mass is 10.2. The smallest absolute Gasteiger partial charge is 0.244 e. The normalized spacial score (nSPS) is 11.4. The zero-order chi connectivity index (χ0) is 16.2. The number of likely N-dealkylation sites (N-methyl/N-ethyl adjacent to an activating group) is 2. The Kier molecular flexibility index (Phi) is 5.76. The van der Waals surface area contributed by atoms with Crippen molar-refractivity contribution in [2.45, 2.75) is 11.8 Å². The lowest BCUT2D eigenvalue weighted by molar-refractivity contribution is -0.120. The Morgan fingerprint density at radius 1 is 1.48 bits per heavy atom. The van der Waals surface area contributed by atoms with E-state index in [1.54, 1.807) is 6.92 Å². The van der Waals surface area contributed by atoms with E-state index in [-0.39, 0.29) is 28.5 Å². The fourth-order valence-electron chi connectivity index (χ4n) is 1.70. The number of nitrogens with zero attached hydrogens (tertiary/aromatic N) is 1. The van der Waals surface area contributed by atoms with E-state index in [1.165, 1.54) is 19.2 Å². The Hall–Kier alpha value is -1.58. The van der Waals surface area contributed by atoms with E-state index in [0.29, 0.717) is 0 Å². The molecule has 21 heavy (non-hydrogen) atoms. The van der Waals surface area contributed by atoms with Crippen LogP contribution >= 0.6 is 12.2 Å². The van der Waals surface area contributed by atoms with Crippen LogP contribution in [0.3, 0.4) is 0 Å². The first-order valence-corrected chi connectivity index (χ1v) is 7.89.